The van der Waals surface area contributed by atoms with E-state index in [1.54, 1.807) is 6.07 Å². The molecule has 4 nitrogen and oxygen atoms in total. The average Bonchev–Trinajstić information content (AvgIpc) is 3.16. The number of benzene rings is 1. The van der Waals surface area contributed by atoms with Crippen molar-refractivity contribution in [1.82, 2.24) is 15.2 Å². The fourth-order valence-corrected chi connectivity index (χ4v) is 2.79. The molecule has 1 fully saturated rings. The summed E-state index contributed by atoms with van der Waals surface area (Å²) in [6, 6.07) is 9.33. The van der Waals surface area contributed by atoms with E-state index in [0.717, 1.165) is 24.5 Å². The second-order valence-electron chi connectivity index (χ2n) is 5.99. The number of hydrogen-bond donors (Lipinski definition) is 2. The lowest BCUT2D eigenvalue weighted by Crippen LogP contribution is -2.39. The summed E-state index contributed by atoms with van der Waals surface area (Å²) in [5.41, 5.74) is 1.97. The summed E-state index contributed by atoms with van der Waals surface area (Å²) in [7, 11) is 2.00. The molecular weight excluding hydrogens is 418 g/mol. The van der Waals surface area contributed by atoms with Gasteiger partial charge in [-0.1, -0.05) is 18.2 Å². The van der Waals surface area contributed by atoms with Crippen LogP contribution < -0.4 is 10.6 Å². The topological polar surface area (TPSA) is 41.4 Å². The monoisotopic (exact) mass is 442 g/mol. The van der Waals surface area contributed by atoms with Gasteiger partial charge in [-0.15, -0.1) is 24.0 Å². The minimum Gasteiger partial charge on any atom is -0.357 e. The fraction of sp³-hybridized carbons (Fsp3) is 0.389. The molecule has 2 atom stereocenters. The van der Waals surface area contributed by atoms with Crippen molar-refractivity contribution < 1.29 is 4.39 Å². The zero-order valence-electron chi connectivity index (χ0n) is 14.0. The van der Waals surface area contributed by atoms with Gasteiger partial charge < -0.3 is 15.2 Å². The van der Waals surface area contributed by atoms with Crippen LogP contribution in [0, 0.1) is 5.82 Å². The van der Waals surface area contributed by atoms with Gasteiger partial charge in [-0.05, 0) is 36.6 Å². The SMILES string of the molecule is CCNC(=NCc1ccn(C)c1)NC1CC1c1ccccc1F.I. The zero-order chi connectivity index (χ0) is 16.2. The van der Waals surface area contributed by atoms with Gasteiger partial charge in [0, 0.05) is 37.9 Å². The van der Waals surface area contributed by atoms with Gasteiger partial charge in [-0.3, -0.25) is 0 Å². The summed E-state index contributed by atoms with van der Waals surface area (Å²) in [4.78, 5) is 4.62. The van der Waals surface area contributed by atoms with Crippen molar-refractivity contribution in [2.75, 3.05) is 6.54 Å². The normalized spacial score (nSPS) is 19.5. The molecule has 1 aromatic carbocycles. The number of aryl methyl sites for hydroxylation is 1. The first-order chi connectivity index (χ1) is 11.2. The standard InChI is InChI=1S/C18H23FN4.HI/c1-3-20-18(21-11-13-8-9-23(2)12-13)22-17-10-15(17)14-6-4-5-7-16(14)19;/h4-9,12,15,17H,3,10-11H2,1-2H3,(H2,20,21,22);1H. The summed E-state index contributed by atoms with van der Waals surface area (Å²) in [6.45, 7) is 3.48. The molecule has 1 heterocycles. The number of hydrogen-bond acceptors (Lipinski definition) is 1. The molecule has 0 bridgehead atoms. The average molecular weight is 442 g/mol. The summed E-state index contributed by atoms with van der Waals surface area (Å²) in [5, 5.41) is 6.67. The predicted molar refractivity (Wildman–Crippen MR) is 106 cm³/mol. The van der Waals surface area contributed by atoms with E-state index < -0.39 is 0 Å². The van der Waals surface area contributed by atoms with Gasteiger partial charge in [0.1, 0.15) is 5.82 Å². The molecule has 0 amide bonds. The van der Waals surface area contributed by atoms with Crippen LogP contribution in [0.3, 0.4) is 0 Å². The van der Waals surface area contributed by atoms with Crippen LogP contribution >= 0.6 is 24.0 Å². The molecule has 0 saturated heterocycles. The molecule has 3 rings (SSSR count). The lowest BCUT2D eigenvalue weighted by atomic mass is 10.1. The second-order valence-corrected chi connectivity index (χ2v) is 5.99. The summed E-state index contributed by atoms with van der Waals surface area (Å²) in [5.74, 6) is 0.907. The third-order valence-corrected chi connectivity index (χ3v) is 4.07. The molecular formula is C18H24FIN4. The molecule has 1 saturated carbocycles. The Labute approximate surface area is 159 Å². The number of aromatic nitrogens is 1. The largest absolute Gasteiger partial charge is 0.357 e. The second kappa shape index (κ2) is 8.50. The highest BCUT2D eigenvalue weighted by atomic mass is 127. The summed E-state index contributed by atoms with van der Waals surface area (Å²) in [6.07, 6.45) is 5.02. The number of nitrogens with one attached hydrogen (secondary N) is 2. The van der Waals surface area contributed by atoms with Crippen molar-refractivity contribution in [1.29, 1.82) is 0 Å². The van der Waals surface area contributed by atoms with Crippen molar-refractivity contribution in [2.24, 2.45) is 12.0 Å². The highest BCUT2D eigenvalue weighted by Gasteiger charge is 2.40. The predicted octanol–water partition coefficient (Wildman–Crippen LogP) is 3.39. The van der Waals surface area contributed by atoms with Gasteiger partial charge in [-0.25, -0.2) is 9.38 Å². The van der Waals surface area contributed by atoms with Crippen molar-refractivity contribution >= 4 is 29.9 Å². The van der Waals surface area contributed by atoms with E-state index in [-0.39, 0.29) is 41.8 Å². The molecule has 0 spiro atoms. The van der Waals surface area contributed by atoms with Gasteiger partial charge >= 0.3 is 0 Å². The Morgan fingerprint density at radius 1 is 1.33 bits per heavy atom. The highest BCUT2D eigenvalue weighted by molar-refractivity contribution is 14.0. The maximum atomic E-state index is 13.8. The van der Waals surface area contributed by atoms with Crippen LogP contribution in [0.25, 0.3) is 0 Å². The Bertz CT molecular complexity index is 698. The van der Waals surface area contributed by atoms with Gasteiger partial charge in [0.05, 0.1) is 6.54 Å². The molecule has 6 heteroatoms. The Kier molecular flexibility index (Phi) is 6.65. The van der Waals surface area contributed by atoms with Crippen LogP contribution in [0.2, 0.25) is 0 Å². The number of guanidine groups is 1. The van der Waals surface area contributed by atoms with Gasteiger partial charge in [0.2, 0.25) is 0 Å². The van der Waals surface area contributed by atoms with Crippen molar-refractivity contribution in [3.63, 3.8) is 0 Å². The van der Waals surface area contributed by atoms with Crippen LogP contribution in [0.15, 0.2) is 47.7 Å². The van der Waals surface area contributed by atoms with Crippen LogP contribution in [-0.2, 0) is 13.6 Å². The van der Waals surface area contributed by atoms with E-state index in [4.69, 9.17) is 0 Å². The maximum Gasteiger partial charge on any atom is 0.191 e. The molecule has 0 radical (unpaired) electrons. The van der Waals surface area contributed by atoms with E-state index in [1.807, 2.05) is 36.9 Å². The molecule has 1 aliphatic carbocycles. The van der Waals surface area contributed by atoms with E-state index >= 15 is 0 Å². The van der Waals surface area contributed by atoms with Gasteiger partial charge in [0.25, 0.3) is 0 Å². The van der Waals surface area contributed by atoms with E-state index in [9.17, 15) is 4.39 Å². The van der Waals surface area contributed by atoms with Crippen molar-refractivity contribution in [2.45, 2.75) is 31.8 Å². The zero-order valence-corrected chi connectivity index (χ0v) is 16.3. The summed E-state index contributed by atoms with van der Waals surface area (Å²) >= 11 is 0. The minimum atomic E-state index is -0.118. The Morgan fingerprint density at radius 2 is 2.12 bits per heavy atom. The smallest absolute Gasteiger partial charge is 0.191 e. The van der Waals surface area contributed by atoms with Crippen LogP contribution in [0.4, 0.5) is 4.39 Å². The summed E-state index contributed by atoms with van der Waals surface area (Å²) < 4.78 is 15.8. The Hall–Kier alpha value is -1.57. The van der Waals surface area contributed by atoms with Gasteiger partial charge in [-0.2, -0.15) is 0 Å². The number of aliphatic imine (C=N–C) groups is 1. The number of halogens is 2. The molecule has 2 N–H and O–H groups in total. The Balaban J connectivity index is 0.00000208. The quantitative estimate of drug-likeness (QED) is 0.424. The third-order valence-electron chi connectivity index (χ3n) is 4.07. The van der Waals surface area contributed by atoms with E-state index in [2.05, 4.69) is 27.9 Å². The molecule has 130 valence electrons. The first-order valence-electron chi connectivity index (χ1n) is 8.07. The Morgan fingerprint density at radius 3 is 2.79 bits per heavy atom. The lowest BCUT2D eigenvalue weighted by Gasteiger charge is -2.11. The molecule has 1 aromatic heterocycles. The van der Waals surface area contributed by atoms with Crippen LogP contribution in [-0.4, -0.2) is 23.1 Å². The first kappa shape index (κ1) is 18.8. The number of nitrogens with zero attached hydrogens (tertiary/aromatic N) is 2. The van der Waals surface area contributed by atoms with E-state index in [0.29, 0.717) is 6.54 Å². The van der Waals surface area contributed by atoms with Crippen LogP contribution in [0.1, 0.15) is 30.4 Å². The first-order valence-corrected chi connectivity index (χ1v) is 8.07. The third kappa shape index (κ3) is 4.72. The van der Waals surface area contributed by atoms with Gasteiger partial charge in [0.15, 0.2) is 5.96 Å². The van der Waals surface area contributed by atoms with Crippen molar-refractivity contribution in [3.8, 4) is 0 Å². The molecule has 0 aliphatic heterocycles. The maximum absolute atomic E-state index is 13.8. The number of rotatable bonds is 5. The molecule has 24 heavy (non-hydrogen) atoms. The fourth-order valence-electron chi connectivity index (χ4n) is 2.79. The van der Waals surface area contributed by atoms with Crippen LogP contribution in [0.5, 0.6) is 0 Å². The highest BCUT2D eigenvalue weighted by Crippen LogP contribution is 2.41. The molecule has 2 aromatic rings. The minimum absolute atomic E-state index is 0. The van der Waals surface area contributed by atoms with Crippen molar-refractivity contribution in [3.05, 3.63) is 59.7 Å². The van der Waals surface area contributed by atoms with E-state index in [1.165, 1.54) is 11.6 Å². The molecule has 2 unspecified atom stereocenters. The molecule has 1 aliphatic rings. The lowest BCUT2D eigenvalue weighted by molar-refractivity contribution is 0.607.